The maximum absolute atomic E-state index is 12.4. The number of aromatic nitrogens is 2. The molecule has 0 radical (unpaired) electrons. The average Bonchev–Trinajstić information content (AvgIpc) is 2.89. The van der Waals surface area contributed by atoms with Crippen LogP contribution in [0.4, 0.5) is 5.69 Å². The minimum atomic E-state index is -3.66. The van der Waals surface area contributed by atoms with Gasteiger partial charge in [0, 0.05) is 5.02 Å². The number of sulfonamides is 1. The van der Waals surface area contributed by atoms with Gasteiger partial charge in [0.25, 0.3) is 10.0 Å². The molecule has 0 saturated heterocycles. The summed E-state index contributed by atoms with van der Waals surface area (Å²) in [7, 11) is -3.66. The van der Waals surface area contributed by atoms with Gasteiger partial charge in [0.1, 0.15) is 0 Å². The molecule has 5 nitrogen and oxygen atoms in total. The second kappa shape index (κ2) is 5.05. The number of imidazole rings is 1. The van der Waals surface area contributed by atoms with Crippen molar-refractivity contribution in [1.29, 1.82) is 0 Å². The number of nitrogens with one attached hydrogen (secondary N) is 2. The van der Waals surface area contributed by atoms with Crippen molar-refractivity contribution < 1.29 is 8.42 Å². The average molecular weight is 322 g/mol. The van der Waals surface area contributed by atoms with Gasteiger partial charge in [-0.05, 0) is 48.9 Å². The minimum Gasteiger partial charge on any atom is -0.345 e. The van der Waals surface area contributed by atoms with Crippen LogP contribution in [0.1, 0.15) is 5.56 Å². The summed E-state index contributed by atoms with van der Waals surface area (Å²) in [5, 5.41) is 0.564. The highest BCUT2D eigenvalue weighted by Gasteiger charge is 2.16. The first-order valence-corrected chi connectivity index (χ1v) is 8.04. The molecule has 2 aromatic carbocycles. The molecule has 0 spiro atoms. The lowest BCUT2D eigenvalue weighted by Crippen LogP contribution is -2.13. The molecular formula is C14H12ClN3O2S. The summed E-state index contributed by atoms with van der Waals surface area (Å²) >= 11 is 5.87. The maximum atomic E-state index is 12.4. The predicted molar refractivity (Wildman–Crippen MR) is 83.1 cm³/mol. The largest absolute Gasteiger partial charge is 0.345 e. The number of rotatable bonds is 3. The van der Waals surface area contributed by atoms with Gasteiger partial charge in [-0.2, -0.15) is 0 Å². The summed E-state index contributed by atoms with van der Waals surface area (Å²) in [6, 6.07) is 9.73. The zero-order valence-corrected chi connectivity index (χ0v) is 12.7. The van der Waals surface area contributed by atoms with E-state index in [-0.39, 0.29) is 4.90 Å². The molecular weight excluding hydrogens is 310 g/mol. The fraction of sp³-hybridized carbons (Fsp3) is 0.0714. The molecule has 3 rings (SSSR count). The Morgan fingerprint density at radius 1 is 1.19 bits per heavy atom. The van der Waals surface area contributed by atoms with E-state index in [0.717, 1.165) is 11.1 Å². The highest BCUT2D eigenvalue weighted by atomic mass is 35.5. The minimum absolute atomic E-state index is 0.175. The lowest BCUT2D eigenvalue weighted by atomic mass is 10.2. The quantitative estimate of drug-likeness (QED) is 0.777. The number of nitrogens with zero attached hydrogens (tertiary/aromatic N) is 1. The summed E-state index contributed by atoms with van der Waals surface area (Å²) in [4.78, 5) is 7.13. The molecule has 0 saturated carbocycles. The van der Waals surface area contributed by atoms with Gasteiger partial charge in [0.15, 0.2) is 0 Å². The van der Waals surface area contributed by atoms with E-state index in [1.165, 1.54) is 12.4 Å². The summed E-state index contributed by atoms with van der Waals surface area (Å²) in [6.07, 6.45) is 1.53. The standard InChI is InChI=1S/C14H12ClN3O2S/c1-9-6-10(15)2-4-12(9)18-21(19,20)11-3-5-13-14(7-11)17-8-16-13/h2-8,18H,1H3,(H,16,17). The van der Waals surface area contributed by atoms with Gasteiger partial charge in [0.05, 0.1) is 27.9 Å². The molecule has 0 bridgehead atoms. The van der Waals surface area contributed by atoms with Crippen LogP contribution >= 0.6 is 11.6 Å². The first-order valence-electron chi connectivity index (χ1n) is 6.18. The molecule has 21 heavy (non-hydrogen) atoms. The first kappa shape index (κ1) is 13.9. The van der Waals surface area contributed by atoms with Crippen molar-refractivity contribution in [3.8, 4) is 0 Å². The van der Waals surface area contributed by atoms with Crippen molar-refractivity contribution in [2.24, 2.45) is 0 Å². The number of anilines is 1. The third-order valence-corrected chi connectivity index (χ3v) is 4.73. The molecule has 2 N–H and O–H groups in total. The molecule has 0 atom stereocenters. The zero-order valence-electron chi connectivity index (χ0n) is 11.1. The Morgan fingerprint density at radius 2 is 2.00 bits per heavy atom. The fourth-order valence-corrected chi connectivity index (χ4v) is 3.41. The summed E-state index contributed by atoms with van der Waals surface area (Å²) < 4.78 is 27.4. The van der Waals surface area contributed by atoms with Crippen molar-refractivity contribution in [1.82, 2.24) is 9.97 Å². The Kier molecular flexibility index (Phi) is 3.35. The van der Waals surface area contributed by atoms with Crippen LogP contribution in [0.5, 0.6) is 0 Å². The van der Waals surface area contributed by atoms with Crippen LogP contribution in [-0.4, -0.2) is 18.4 Å². The smallest absolute Gasteiger partial charge is 0.261 e. The van der Waals surface area contributed by atoms with Crippen LogP contribution in [0.3, 0.4) is 0 Å². The summed E-state index contributed by atoms with van der Waals surface area (Å²) in [5.41, 5.74) is 2.65. The molecule has 1 heterocycles. The van der Waals surface area contributed by atoms with Crippen molar-refractivity contribution in [2.45, 2.75) is 11.8 Å². The van der Waals surface area contributed by atoms with Gasteiger partial charge < -0.3 is 4.98 Å². The Bertz CT molecular complexity index is 919. The molecule has 0 aliphatic heterocycles. The fourth-order valence-electron chi connectivity index (χ4n) is 2.03. The number of hydrogen-bond donors (Lipinski definition) is 2. The number of aryl methyl sites for hydroxylation is 1. The SMILES string of the molecule is Cc1cc(Cl)ccc1NS(=O)(=O)c1ccc2nc[nH]c2c1. The van der Waals surface area contributed by atoms with E-state index in [1.807, 2.05) is 0 Å². The van der Waals surface area contributed by atoms with Crippen LogP contribution < -0.4 is 4.72 Å². The Balaban J connectivity index is 1.99. The highest BCUT2D eigenvalue weighted by molar-refractivity contribution is 7.92. The van der Waals surface area contributed by atoms with Crippen LogP contribution in [0.25, 0.3) is 11.0 Å². The number of hydrogen-bond acceptors (Lipinski definition) is 3. The van der Waals surface area contributed by atoms with Gasteiger partial charge in [-0.15, -0.1) is 0 Å². The second-order valence-corrected chi connectivity index (χ2v) is 6.77. The van der Waals surface area contributed by atoms with Gasteiger partial charge in [-0.1, -0.05) is 11.6 Å². The van der Waals surface area contributed by atoms with Gasteiger partial charge >= 0.3 is 0 Å². The topological polar surface area (TPSA) is 74.8 Å². The summed E-state index contributed by atoms with van der Waals surface area (Å²) in [6.45, 7) is 1.79. The van der Waals surface area contributed by atoms with E-state index in [9.17, 15) is 8.42 Å². The third-order valence-electron chi connectivity index (χ3n) is 3.13. The van der Waals surface area contributed by atoms with Crippen LogP contribution in [0, 0.1) is 6.92 Å². The Labute approximate surface area is 127 Å². The second-order valence-electron chi connectivity index (χ2n) is 4.65. The number of benzene rings is 2. The number of H-pyrrole nitrogens is 1. The predicted octanol–water partition coefficient (Wildman–Crippen LogP) is 3.33. The molecule has 0 amide bonds. The molecule has 1 aromatic heterocycles. The lowest BCUT2D eigenvalue weighted by Gasteiger charge is -2.10. The number of aromatic amines is 1. The van der Waals surface area contributed by atoms with Gasteiger partial charge in [-0.25, -0.2) is 13.4 Å². The molecule has 0 aliphatic carbocycles. The molecule has 0 unspecified atom stereocenters. The maximum Gasteiger partial charge on any atom is 0.261 e. The van der Waals surface area contributed by atoms with Crippen LogP contribution in [-0.2, 0) is 10.0 Å². The number of halogens is 1. The van der Waals surface area contributed by atoms with Gasteiger partial charge in [-0.3, -0.25) is 4.72 Å². The van der Waals surface area contributed by atoms with Crippen LogP contribution in [0.15, 0.2) is 47.6 Å². The molecule has 108 valence electrons. The van der Waals surface area contributed by atoms with Crippen molar-refractivity contribution in [2.75, 3.05) is 4.72 Å². The van der Waals surface area contributed by atoms with Crippen molar-refractivity contribution in [3.63, 3.8) is 0 Å². The van der Waals surface area contributed by atoms with E-state index in [2.05, 4.69) is 14.7 Å². The molecule has 0 fully saturated rings. The number of fused-ring (bicyclic) bond motifs is 1. The van der Waals surface area contributed by atoms with E-state index in [1.54, 1.807) is 37.3 Å². The Hall–Kier alpha value is -2.05. The van der Waals surface area contributed by atoms with Crippen molar-refractivity contribution in [3.05, 3.63) is 53.3 Å². The van der Waals surface area contributed by atoms with E-state index < -0.39 is 10.0 Å². The highest BCUT2D eigenvalue weighted by Crippen LogP contribution is 2.24. The monoisotopic (exact) mass is 321 g/mol. The third kappa shape index (κ3) is 2.72. The van der Waals surface area contributed by atoms with E-state index >= 15 is 0 Å². The van der Waals surface area contributed by atoms with Crippen LogP contribution in [0.2, 0.25) is 5.02 Å². The normalized spacial score (nSPS) is 11.7. The van der Waals surface area contributed by atoms with E-state index in [4.69, 9.17) is 11.6 Å². The van der Waals surface area contributed by atoms with Gasteiger partial charge in [0.2, 0.25) is 0 Å². The zero-order chi connectivity index (χ0) is 15.0. The van der Waals surface area contributed by atoms with Crippen molar-refractivity contribution >= 4 is 38.3 Å². The summed E-state index contributed by atoms with van der Waals surface area (Å²) in [5.74, 6) is 0. The molecule has 7 heteroatoms. The van der Waals surface area contributed by atoms with E-state index in [0.29, 0.717) is 16.2 Å². The molecule has 0 aliphatic rings. The Morgan fingerprint density at radius 3 is 2.76 bits per heavy atom. The lowest BCUT2D eigenvalue weighted by molar-refractivity contribution is 0.601. The first-order chi connectivity index (χ1) is 9.95. The molecule has 3 aromatic rings.